The predicted octanol–water partition coefficient (Wildman–Crippen LogP) is 3.73. The molecule has 1 aliphatic heterocycles. The van der Waals surface area contributed by atoms with Crippen molar-refractivity contribution in [3.05, 3.63) is 63.4 Å². The van der Waals surface area contributed by atoms with Gasteiger partial charge in [-0.25, -0.2) is 4.98 Å². The molecule has 1 saturated heterocycles. The molecule has 1 atom stereocenters. The number of hydrogen-bond acceptors (Lipinski definition) is 5. The summed E-state index contributed by atoms with van der Waals surface area (Å²) in [5.41, 5.74) is 1.85. The van der Waals surface area contributed by atoms with Crippen LogP contribution in [0.15, 0.2) is 52.4 Å². The Morgan fingerprint density at radius 1 is 1.30 bits per heavy atom. The Kier molecular flexibility index (Phi) is 6.41. The summed E-state index contributed by atoms with van der Waals surface area (Å²) in [4.78, 5) is 30.3. The van der Waals surface area contributed by atoms with E-state index in [0.717, 1.165) is 25.0 Å². The SMILES string of the molecule is Cc1c(Cl)cccc1-n1c(SCC(=O)NCC2CCCO2)nc2ccccc2c1=O. The number of ether oxygens (including phenoxy) is 1. The summed E-state index contributed by atoms with van der Waals surface area (Å²) in [5, 5.41) is 4.45. The van der Waals surface area contributed by atoms with Crippen LogP contribution in [0.1, 0.15) is 18.4 Å². The van der Waals surface area contributed by atoms with Crippen molar-refractivity contribution in [2.24, 2.45) is 0 Å². The van der Waals surface area contributed by atoms with Gasteiger partial charge in [0.05, 0.1) is 28.4 Å². The van der Waals surface area contributed by atoms with Crippen molar-refractivity contribution in [3.63, 3.8) is 0 Å². The number of amides is 1. The fourth-order valence-corrected chi connectivity index (χ4v) is 4.48. The van der Waals surface area contributed by atoms with Crippen LogP contribution >= 0.6 is 23.4 Å². The molecule has 4 rings (SSSR count). The number of nitrogens with zero attached hydrogens (tertiary/aromatic N) is 2. The molecule has 156 valence electrons. The molecule has 30 heavy (non-hydrogen) atoms. The zero-order valence-electron chi connectivity index (χ0n) is 16.6. The Bertz CT molecular complexity index is 1140. The number of carbonyl (C=O) groups excluding carboxylic acids is 1. The van der Waals surface area contributed by atoms with Crippen LogP contribution in [0, 0.1) is 6.92 Å². The van der Waals surface area contributed by atoms with Gasteiger partial charge < -0.3 is 10.1 Å². The second-order valence-electron chi connectivity index (χ2n) is 7.16. The Labute approximate surface area is 183 Å². The Hall–Kier alpha value is -2.35. The lowest BCUT2D eigenvalue weighted by molar-refractivity contribution is -0.119. The molecule has 1 N–H and O–H groups in total. The predicted molar refractivity (Wildman–Crippen MR) is 120 cm³/mol. The first kappa shape index (κ1) is 20.9. The van der Waals surface area contributed by atoms with Crippen LogP contribution in [0.2, 0.25) is 5.02 Å². The summed E-state index contributed by atoms with van der Waals surface area (Å²) in [6, 6.07) is 12.6. The molecule has 1 amide bonds. The van der Waals surface area contributed by atoms with Gasteiger partial charge in [-0.15, -0.1) is 0 Å². The van der Waals surface area contributed by atoms with E-state index in [4.69, 9.17) is 16.3 Å². The molecular formula is C22H22ClN3O3S. The number of para-hydroxylation sites is 1. The molecule has 1 aliphatic rings. The van der Waals surface area contributed by atoms with Gasteiger partial charge in [-0.05, 0) is 49.6 Å². The first-order chi connectivity index (χ1) is 14.5. The number of aromatic nitrogens is 2. The second-order valence-corrected chi connectivity index (χ2v) is 8.51. The summed E-state index contributed by atoms with van der Waals surface area (Å²) in [5.74, 6) is 0.0316. The number of hydrogen-bond donors (Lipinski definition) is 1. The molecule has 2 heterocycles. The molecular weight excluding hydrogens is 422 g/mol. The van der Waals surface area contributed by atoms with Crippen LogP contribution in [-0.4, -0.2) is 40.5 Å². The lowest BCUT2D eigenvalue weighted by Crippen LogP contribution is -2.33. The van der Waals surface area contributed by atoms with Gasteiger partial charge in [-0.2, -0.15) is 0 Å². The number of carbonyl (C=O) groups is 1. The van der Waals surface area contributed by atoms with Crippen LogP contribution < -0.4 is 10.9 Å². The number of rotatable bonds is 6. The van der Waals surface area contributed by atoms with E-state index in [1.54, 1.807) is 28.8 Å². The fraction of sp³-hybridized carbons (Fsp3) is 0.318. The highest BCUT2D eigenvalue weighted by Gasteiger charge is 2.19. The summed E-state index contributed by atoms with van der Waals surface area (Å²) in [6.45, 7) is 3.12. The number of halogens is 1. The van der Waals surface area contributed by atoms with E-state index >= 15 is 0 Å². The highest BCUT2D eigenvalue weighted by molar-refractivity contribution is 7.99. The maximum atomic E-state index is 13.3. The second kappa shape index (κ2) is 9.20. The molecule has 1 unspecified atom stereocenters. The first-order valence-electron chi connectivity index (χ1n) is 9.83. The van der Waals surface area contributed by atoms with Gasteiger partial charge in [-0.1, -0.05) is 41.6 Å². The van der Waals surface area contributed by atoms with Crippen LogP contribution in [0.5, 0.6) is 0 Å². The van der Waals surface area contributed by atoms with Gasteiger partial charge in [-0.3, -0.25) is 14.2 Å². The molecule has 1 fully saturated rings. The third kappa shape index (κ3) is 4.38. The Morgan fingerprint density at radius 2 is 2.13 bits per heavy atom. The minimum Gasteiger partial charge on any atom is -0.376 e. The number of benzene rings is 2. The molecule has 1 aromatic heterocycles. The Balaban J connectivity index is 1.65. The summed E-state index contributed by atoms with van der Waals surface area (Å²) in [7, 11) is 0. The van der Waals surface area contributed by atoms with E-state index in [-0.39, 0.29) is 23.3 Å². The third-order valence-electron chi connectivity index (χ3n) is 5.11. The lowest BCUT2D eigenvalue weighted by Gasteiger charge is -2.16. The monoisotopic (exact) mass is 443 g/mol. The van der Waals surface area contributed by atoms with Crippen molar-refractivity contribution in [2.45, 2.75) is 31.0 Å². The van der Waals surface area contributed by atoms with E-state index < -0.39 is 0 Å². The minimum atomic E-state index is -0.187. The van der Waals surface area contributed by atoms with E-state index in [1.807, 2.05) is 25.1 Å². The van der Waals surface area contributed by atoms with E-state index in [2.05, 4.69) is 10.3 Å². The van der Waals surface area contributed by atoms with Gasteiger partial charge in [0.15, 0.2) is 5.16 Å². The molecule has 3 aromatic rings. The minimum absolute atomic E-state index is 0.0880. The summed E-state index contributed by atoms with van der Waals surface area (Å²) >= 11 is 7.53. The average Bonchev–Trinajstić information content (AvgIpc) is 3.27. The standard InChI is InChI=1S/C22H22ClN3O3S/c1-14-17(23)8-4-10-19(14)26-21(28)16-7-2-3-9-18(16)25-22(26)30-13-20(27)24-12-15-6-5-11-29-15/h2-4,7-10,15H,5-6,11-13H2,1H3,(H,24,27). The molecule has 0 bridgehead atoms. The van der Waals surface area contributed by atoms with Gasteiger partial charge in [0.1, 0.15) is 0 Å². The molecule has 2 aromatic carbocycles. The Morgan fingerprint density at radius 3 is 2.93 bits per heavy atom. The molecule has 0 aliphatic carbocycles. The first-order valence-corrected chi connectivity index (χ1v) is 11.2. The van der Waals surface area contributed by atoms with Gasteiger partial charge in [0.2, 0.25) is 5.91 Å². The molecule has 6 nitrogen and oxygen atoms in total. The third-order valence-corrected chi connectivity index (χ3v) is 6.46. The molecule has 0 spiro atoms. The van der Waals surface area contributed by atoms with E-state index in [9.17, 15) is 9.59 Å². The van der Waals surface area contributed by atoms with Crippen molar-refractivity contribution in [1.82, 2.24) is 14.9 Å². The van der Waals surface area contributed by atoms with E-state index in [1.165, 1.54) is 11.8 Å². The average molecular weight is 444 g/mol. The smallest absolute Gasteiger partial charge is 0.266 e. The highest BCUT2D eigenvalue weighted by atomic mass is 35.5. The van der Waals surface area contributed by atoms with Crippen LogP contribution in [0.3, 0.4) is 0 Å². The maximum Gasteiger partial charge on any atom is 0.266 e. The number of thioether (sulfide) groups is 1. The lowest BCUT2D eigenvalue weighted by atomic mass is 10.2. The van der Waals surface area contributed by atoms with Crippen molar-refractivity contribution in [2.75, 3.05) is 18.9 Å². The highest BCUT2D eigenvalue weighted by Crippen LogP contribution is 2.26. The van der Waals surface area contributed by atoms with Gasteiger partial charge in [0.25, 0.3) is 5.56 Å². The summed E-state index contributed by atoms with van der Waals surface area (Å²) in [6.07, 6.45) is 2.08. The molecule has 8 heteroatoms. The normalized spacial score (nSPS) is 16.1. The van der Waals surface area contributed by atoms with Crippen LogP contribution in [0.4, 0.5) is 0 Å². The largest absolute Gasteiger partial charge is 0.376 e. The quantitative estimate of drug-likeness (QED) is 0.464. The van der Waals surface area contributed by atoms with Crippen LogP contribution in [-0.2, 0) is 9.53 Å². The van der Waals surface area contributed by atoms with E-state index in [0.29, 0.717) is 33.3 Å². The molecule has 0 radical (unpaired) electrons. The van der Waals surface area contributed by atoms with Crippen molar-refractivity contribution in [3.8, 4) is 5.69 Å². The van der Waals surface area contributed by atoms with Crippen LogP contribution in [0.25, 0.3) is 16.6 Å². The van der Waals surface area contributed by atoms with Gasteiger partial charge in [0, 0.05) is 18.2 Å². The topological polar surface area (TPSA) is 73.2 Å². The number of fused-ring (bicyclic) bond motifs is 1. The van der Waals surface area contributed by atoms with Gasteiger partial charge >= 0.3 is 0 Å². The number of nitrogens with one attached hydrogen (secondary N) is 1. The maximum absolute atomic E-state index is 13.3. The van der Waals surface area contributed by atoms with Crippen molar-refractivity contribution >= 4 is 40.2 Å². The van der Waals surface area contributed by atoms with Crippen molar-refractivity contribution < 1.29 is 9.53 Å². The summed E-state index contributed by atoms with van der Waals surface area (Å²) < 4.78 is 7.08. The fourth-order valence-electron chi connectivity index (χ4n) is 3.47. The molecule has 0 saturated carbocycles. The zero-order valence-corrected chi connectivity index (χ0v) is 18.1. The van der Waals surface area contributed by atoms with Crippen molar-refractivity contribution in [1.29, 1.82) is 0 Å². The zero-order chi connectivity index (χ0) is 21.1.